The van der Waals surface area contributed by atoms with Crippen molar-refractivity contribution in [2.75, 3.05) is 6.61 Å². The van der Waals surface area contributed by atoms with E-state index in [2.05, 4.69) is 38.6 Å². The summed E-state index contributed by atoms with van der Waals surface area (Å²) in [6.45, 7) is 2.99. The van der Waals surface area contributed by atoms with Crippen molar-refractivity contribution in [1.82, 2.24) is 9.55 Å². The van der Waals surface area contributed by atoms with Gasteiger partial charge in [0.15, 0.2) is 0 Å². The molecule has 0 spiro atoms. The smallest absolute Gasteiger partial charge is 0.0953 e. The van der Waals surface area contributed by atoms with E-state index in [0.717, 1.165) is 24.1 Å². The van der Waals surface area contributed by atoms with Crippen molar-refractivity contribution in [2.24, 2.45) is 0 Å². The van der Waals surface area contributed by atoms with Crippen LogP contribution in [-0.2, 0) is 10.1 Å². The molecule has 1 aromatic rings. The zero-order valence-corrected chi connectivity index (χ0v) is 9.20. The lowest BCUT2D eigenvalue weighted by Gasteiger charge is -2.14. The van der Waals surface area contributed by atoms with Crippen LogP contribution in [0.15, 0.2) is 12.5 Å². The Balaban J connectivity index is 2.15. The van der Waals surface area contributed by atoms with Crippen molar-refractivity contribution >= 4 is 15.9 Å². The van der Waals surface area contributed by atoms with Crippen LogP contribution in [0.4, 0.5) is 0 Å². The number of aromatic nitrogens is 2. The molecule has 0 amide bonds. The van der Waals surface area contributed by atoms with E-state index in [-0.39, 0.29) is 0 Å². The van der Waals surface area contributed by atoms with Gasteiger partial charge in [-0.1, -0.05) is 15.9 Å². The highest BCUT2D eigenvalue weighted by molar-refractivity contribution is 9.08. The van der Waals surface area contributed by atoms with Crippen LogP contribution in [0.3, 0.4) is 0 Å². The third kappa shape index (κ3) is 1.79. The average Bonchev–Trinajstić information content (AvgIpc) is 2.71. The Hall–Kier alpha value is -0.350. The topological polar surface area (TPSA) is 27.1 Å². The van der Waals surface area contributed by atoms with Gasteiger partial charge in [-0.15, -0.1) is 0 Å². The lowest BCUT2D eigenvalue weighted by molar-refractivity contribution is 0.107. The monoisotopic (exact) mass is 244 g/mol. The molecule has 0 aliphatic carbocycles. The minimum atomic E-state index is 0.317. The van der Waals surface area contributed by atoms with E-state index in [0.29, 0.717) is 12.1 Å². The molecule has 0 bridgehead atoms. The lowest BCUT2D eigenvalue weighted by atomic mass is 10.1. The molecule has 1 saturated heterocycles. The van der Waals surface area contributed by atoms with Crippen molar-refractivity contribution in [1.29, 1.82) is 0 Å². The average molecular weight is 245 g/mol. The van der Waals surface area contributed by atoms with Crippen molar-refractivity contribution in [3.63, 3.8) is 0 Å². The SMILES string of the molecule is CC1OCCC1n1cnc(CBr)c1. The first-order chi connectivity index (χ1) is 6.31. The molecule has 0 aromatic carbocycles. The standard InChI is InChI=1S/C9H13BrN2O/c1-7-9(2-3-13-7)12-5-8(4-10)11-6-12/h5-7,9H,2-4H2,1H3. The second-order valence-electron chi connectivity index (χ2n) is 3.38. The number of nitrogens with zero attached hydrogens (tertiary/aromatic N) is 2. The zero-order chi connectivity index (χ0) is 9.26. The fraction of sp³-hybridized carbons (Fsp3) is 0.667. The Morgan fingerprint density at radius 3 is 3.15 bits per heavy atom. The third-order valence-electron chi connectivity index (χ3n) is 2.51. The van der Waals surface area contributed by atoms with E-state index >= 15 is 0 Å². The van der Waals surface area contributed by atoms with Crippen molar-refractivity contribution < 1.29 is 4.74 Å². The van der Waals surface area contributed by atoms with Crippen molar-refractivity contribution in [2.45, 2.75) is 30.8 Å². The molecule has 0 radical (unpaired) electrons. The summed E-state index contributed by atoms with van der Waals surface area (Å²) in [4.78, 5) is 4.27. The summed E-state index contributed by atoms with van der Waals surface area (Å²) in [5, 5.41) is 0.821. The van der Waals surface area contributed by atoms with E-state index in [9.17, 15) is 0 Å². The first-order valence-corrected chi connectivity index (χ1v) is 5.63. The van der Waals surface area contributed by atoms with E-state index in [1.807, 2.05) is 6.33 Å². The Morgan fingerprint density at radius 2 is 2.62 bits per heavy atom. The predicted molar refractivity (Wildman–Crippen MR) is 53.9 cm³/mol. The quantitative estimate of drug-likeness (QED) is 0.746. The van der Waals surface area contributed by atoms with Crippen LogP contribution in [-0.4, -0.2) is 22.3 Å². The summed E-state index contributed by atoms with van der Waals surface area (Å²) in [5.41, 5.74) is 1.08. The molecule has 1 aromatic heterocycles. The molecular weight excluding hydrogens is 232 g/mol. The maximum absolute atomic E-state index is 5.50. The number of imidazole rings is 1. The molecule has 0 N–H and O–H groups in total. The molecule has 1 aliphatic rings. The number of alkyl halides is 1. The van der Waals surface area contributed by atoms with Gasteiger partial charge in [0.1, 0.15) is 0 Å². The van der Waals surface area contributed by atoms with Gasteiger partial charge in [0.2, 0.25) is 0 Å². The van der Waals surface area contributed by atoms with Crippen LogP contribution in [0.25, 0.3) is 0 Å². The first-order valence-electron chi connectivity index (χ1n) is 4.51. The highest BCUT2D eigenvalue weighted by Gasteiger charge is 2.25. The van der Waals surface area contributed by atoms with Gasteiger partial charge in [-0.25, -0.2) is 4.98 Å². The first kappa shape index (κ1) is 9.21. The van der Waals surface area contributed by atoms with Crippen molar-refractivity contribution in [3.8, 4) is 0 Å². The predicted octanol–water partition coefficient (Wildman–Crippen LogP) is 2.13. The second kappa shape index (κ2) is 3.80. The van der Waals surface area contributed by atoms with Gasteiger partial charge < -0.3 is 9.30 Å². The zero-order valence-electron chi connectivity index (χ0n) is 7.61. The maximum atomic E-state index is 5.50. The van der Waals surface area contributed by atoms with Crippen LogP contribution in [0.5, 0.6) is 0 Å². The fourth-order valence-corrected chi connectivity index (χ4v) is 2.03. The summed E-state index contributed by atoms with van der Waals surface area (Å²) in [6, 6.07) is 0.472. The molecule has 2 unspecified atom stereocenters. The molecule has 2 heterocycles. The van der Waals surface area contributed by atoms with Crippen LogP contribution in [0.2, 0.25) is 0 Å². The summed E-state index contributed by atoms with van der Waals surface area (Å²) in [7, 11) is 0. The molecule has 1 fully saturated rings. The Bertz CT molecular complexity index is 287. The number of halogens is 1. The summed E-state index contributed by atoms with van der Waals surface area (Å²) >= 11 is 3.39. The second-order valence-corrected chi connectivity index (χ2v) is 3.94. The van der Waals surface area contributed by atoms with Gasteiger partial charge in [0, 0.05) is 18.1 Å². The number of rotatable bonds is 2. The Kier molecular flexibility index (Phi) is 2.69. The summed E-state index contributed by atoms with van der Waals surface area (Å²) < 4.78 is 7.66. The number of hydrogen-bond donors (Lipinski definition) is 0. The molecule has 4 heteroatoms. The Labute approximate surface area is 86.2 Å². The largest absolute Gasteiger partial charge is 0.376 e. The van der Waals surface area contributed by atoms with E-state index in [1.54, 1.807) is 0 Å². The molecule has 1 aliphatic heterocycles. The summed E-state index contributed by atoms with van der Waals surface area (Å²) in [5.74, 6) is 0. The Morgan fingerprint density at radius 1 is 1.77 bits per heavy atom. The normalized spacial score (nSPS) is 28.2. The van der Waals surface area contributed by atoms with Crippen LogP contribution in [0, 0.1) is 0 Å². The number of ether oxygens (including phenoxy) is 1. The minimum Gasteiger partial charge on any atom is -0.376 e. The van der Waals surface area contributed by atoms with Gasteiger partial charge in [0.05, 0.1) is 24.2 Å². The fourth-order valence-electron chi connectivity index (χ4n) is 1.74. The summed E-state index contributed by atoms with van der Waals surface area (Å²) in [6.07, 6.45) is 5.40. The van der Waals surface area contributed by atoms with Gasteiger partial charge in [0.25, 0.3) is 0 Å². The van der Waals surface area contributed by atoms with Gasteiger partial charge in [-0.2, -0.15) is 0 Å². The molecule has 72 valence electrons. The molecule has 2 rings (SSSR count). The molecule has 13 heavy (non-hydrogen) atoms. The highest BCUT2D eigenvalue weighted by Crippen LogP contribution is 2.25. The van der Waals surface area contributed by atoms with Gasteiger partial charge in [-0.05, 0) is 13.3 Å². The van der Waals surface area contributed by atoms with Gasteiger partial charge in [-0.3, -0.25) is 0 Å². The minimum absolute atomic E-state index is 0.317. The van der Waals surface area contributed by atoms with Crippen LogP contribution < -0.4 is 0 Å². The van der Waals surface area contributed by atoms with E-state index in [1.165, 1.54) is 0 Å². The number of hydrogen-bond acceptors (Lipinski definition) is 2. The maximum Gasteiger partial charge on any atom is 0.0953 e. The lowest BCUT2D eigenvalue weighted by Crippen LogP contribution is -2.15. The van der Waals surface area contributed by atoms with E-state index < -0.39 is 0 Å². The van der Waals surface area contributed by atoms with Gasteiger partial charge >= 0.3 is 0 Å². The molecular formula is C9H13BrN2O. The molecule has 0 saturated carbocycles. The molecule has 3 nitrogen and oxygen atoms in total. The third-order valence-corrected chi connectivity index (χ3v) is 3.09. The van der Waals surface area contributed by atoms with Crippen LogP contribution >= 0.6 is 15.9 Å². The highest BCUT2D eigenvalue weighted by atomic mass is 79.9. The van der Waals surface area contributed by atoms with Crippen LogP contribution in [0.1, 0.15) is 25.1 Å². The molecule has 2 atom stereocenters. The van der Waals surface area contributed by atoms with E-state index in [4.69, 9.17) is 4.74 Å². The van der Waals surface area contributed by atoms with Crippen molar-refractivity contribution in [3.05, 3.63) is 18.2 Å².